The molecule has 0 N–H and O–H groups in total. The Kier molecular flexibility index (Phi) is 4.33. The first-order valence-electron chi connectivity index (χ1n) is 5.31. The molecule has 1 aromatic heterocycles. The van der Waals surface area contributed by atoms with Gasteiger partial charge >= 0.3 is 0 Å². The highest BCUT2D eigenvalue weighted by molar-refractivity contribution is 9.11. The maximum Gasteiger partial charge on any atom is 0.185 e. The number of ether oxygens (including phenoxy) is 1. The van der Waals surface area contributed by atoms with Crippen molar-refractivity contribution in [1.82, 2.24) is 0 Å². The second-order valence-electron chi connectivity index (χ2n) is 3.57. The van der Waals surface area contributed by atoms with Gasteiger partial charge in [-0.1, -0.05) is 0 Å². The lowest BCUT2D eigenvalue weighted by Crippen LogP contribution is -1.93. The van der Waals surface area contributed by atoms with E-state index in [1.54, 1.807) is 48.8 Å². The van der Waals surface area contributed by atoms with Gasteiger partial charge in [-0.25, -0.2) is 0 Å². The van der Waals surface area contributed by atoms with Gasteiger partial charge in [0.05, 0.1) is 10.9 Å². The molecule has 0 unspecified atom stereocenters. The van der Waals surface area contributed by atoms with Gasteiger partial charge in [0.2, 0.25) is 0 Å². The highest BCUT2D eigenvalue weighted by Crippen LogP contribution is 2.23. The summed E-state index contributed by atoms with van der Waals surface area (Å²) in [6, 6.07) is 11.0. The van der Waals surface area contributed by atoms with Crippen molar-refractivity contribution < 1.29 is 9.53 Å². The van der Waals surface area contributed by atoms with E-state index in [1.807, 2.05) is 18.2 Å². The van der Waals surface area contributed by atoms with E-state index in [-0.39, 0.29) is 5.78 Å². The predicted molar refractivity (Wildman–Crippen MR) is 78.4 cm³/mol. The lowest BCUT2D eigenvalue weighted by molar-refractivity contribution is 0.104. The minimum atomic E-state index is -0.0119. The minimum Gasteiger partial charge on any atom is -0.497 e. The fourth-order valence-electron chi connectivity index (χ4n) is 1.43. The number of allylic oxidation sites excluding steroid dienone is 1. The molecule has 1 heterocycles. The van der Waals surface area contributed by atoms with E-state index in [4.69, 9.17) is 4.74 Å². The Morgan fingerprint density at radius 3 is 2.50 bits per heavy atom. The molecule has 2 rings (SSSR count). The average molecular weight is 323 g/mol. The number of carbonyl (C=O) groups is 1. The van der Waals surface area contributed by atoms with Crippen LogP contribution in [0.1, 0.15) is 15.2 Å². The second-order valence-corrected chi connectivity index (χ2v) is 6.06. The largest absolute Gasteiger partial charge is 0.497 e. The Morgan fingerprint density at radius 1 is 1.22 bits per heavy atom. The van der Waals surface area contributed by atoms with Crippen LogP contribution in [0.3, 0.4) is 0 Å². The van der Waals surface area contributed by atoms with Crippen molar-refractivity contribution in [3.8, 4) is 5.75 Å². The summed E-state index contributed by atoms with van der Waals surface area (Å²) in [7, 11) is 1.60. The first-order valence-corrected chi connectivity index (χ1v) is 6.92. The first-order chi connectivity index (χ1) is 8.69. The van der Waals surface area contributed by atoms with Gasteiger partial charge in [0.15, 0.2) is 5.78 Å². The van der Waals surface area contributed by atoms with Crippen LogP contribution in [0.5, 0.6) is 5.75 Å². The first kappa shape index (κ1) is 13.1. The van der Waals surface area contributed by atoms with Crippen molar-refractivity contribution >= 4 is 39.1 Å². The van der Waals surface area contributed by atoms with Crippen LogP contribution in [0.4, 0.5) is 0 Å². The van der Waals surface area contributed by atoms with Crippen LogP contribution in [0, 0.1) is 0 Å². The average Bonchev–Trinajstić information content (AvgIpc) is 2.82. The summed E-state index contributed by atoms with van der Waals surface area (Å²) in [5.41, 5.74) is 0.655. The van der Waals surface area contributed by atoms with E-state index in [9.17, 15) is 4.79 Å². The maximum absolute atomic E-state index is 11.9. The van der Waals surface area contributed by atoms with E-state index < -0.39 is 0 Å². The van der Waals surface area contributed by atoms with Crippen LogP contribution in [-0.2, 0) is 0 Å². The highest BCUT2D eigenvalue weighted by Gasteiger charge is 2.02. The van der Waals surface area contributed by atoms with Crippen molar-refractivity contribution in [3.63, 3.8) is 0 Å². The molecule has 18 heavy (non-hydrogen) atoms. The summed E-state index contributed by atoms with van der Waals surface area (Å²) in [6.45, 7) is 0. The fourth-order valence-corrected chi connectivity index (χ4v) is 2.75. The molecule has 0 atom stereocenters. The van der Waals surface area contributed by atoms with Gasteiger partial charge < -0.3 is 4.74 Å². The van der Waals surface area contributed by atoms with Crippen LogP contribution >= 0.6 is 27.3 Å². The van der Waals surface area contributed by atoms with E-state index >= 15 is 0 Å². The van der Waals surface area contributed by atoms with Gasteiger partial charge in [0, 0.05) is 10.4 Å². The van der Waals surface area contributed by atoms with E-state index in [0.29, 0.717) is 5.56 Å². The van der Waals surface area contributed by atoms with Gasteiger partial charge in [0.25, 0.3) is 0 Å². The van der Waals surface area contributed by atoms with E-state index in [2.05, 4.69) is 15.9 Å². The van der Waals surface area contributed by atoms with Gasteiger partial charge in [-0.05, 0) is 64.5 Å². The third-order valence-electron chi connectivity index (χ3n) is 2.37. The number of rotatable bonds is 4. The Bertz CT molecular complexity index is 570. The van der Waals surface area contributed by atoms with Crippen LogP contribution < -0.4 is 4.74 Å². The van der Waals surface area contributed by atoms with E-state index in [0.717, 1.165) is 14.4 Å². The van der Waals surface area contributed by atoms with Gasteiger partial charge in [-0.3, -0.25) is 4.79 Å². The molecule has 0 amide bonds. The number of thiophene rings is 1. The standard InChI is InChI=1S/C14H11BrO2S/c1-17-11-4-2-10(3-5-11)13(16)8-6-12-7-9-14(15)18-12/h2-9H,1H3/b8-6-. The fraction of sp³-hybridized carbons (Fsp3) is 0.0714. The van der Waals surface area contributed by atoms with Crippen LogP contribution in [-0.4, -0.2) is 12.9 Å². The topological polar surface area (TPSA) is 26.3 Å². The van der Waals surface area contributed by atoms with Crippen molar-refractivity contribution in [2.75, 3.05) is 7.11 Å². The normalized spacial score (nSPS) is 10.8. The zero-order valence-electron chi connectivity index (χ0n) is 9.72. The predicted octanol–water partition coefficient (Wildman–Crippen LogP) is 4.42. The van der Waals surface area contributed by atoms with Crippen molar-refractivity contribution in [2.24, 2.45) is 0 Å². The number of hydrogen-bond donors (Lipinski definition) is 0. The summed E-state index contributed by atoms with van der Waals surface area (Å²) in [5, 5.41) is 0. The molecular formula is C14H11BrO2S. The smallest absolute Gasteiger partial charge is 0.185 e. The lowest BCUT2D eigenvalue weighted by Gasteiger charge is -1.99. The molecule has 4 heteroatoms. The number of methoxy groups -OCH3 is 1. The van der Waals surface area contributed by atoms with Gasteiger partial charge in [0.1, 0.15) is 5.75 Å². The third kappa shape index (κ3) is 3.31. The molecule has 1 aromatic carbocycles. The summed E-state index contributed by atoms with van der Waals surface area (Å²) < 4.78 is 6.10. The van der Waals surface area contributed by atoms with Crippen molar-refractivity contribution in [3.05, 3.63) is 56.7 Å². The highest BCUT2D eigenvalue weighted by atomic mass is 79.9. The Balaban J connectivity index is 2.09. The molecule has 2 aromatic rings. The number of benzene rings is 1. The quantitative estimate of drug-likeness (QED) is 0.615. The SMILES string of the molecule is COc1ccc(C(=O)/C=C\c2ccc(Br)s2)cc1. The summed E-state index contributed by atoms with van der Waals surface area (Å²) in [6.07, 6.45) is 3.40. The molecule has 0 aliphatic heterocycles. The number of carbonyl (C=O) groups excluding carboxylic acids is 1. The molecule has 2 nitrogen and oxygen atoms in total. The monoisotopic (exact) mass is 322 g/mol. The summed E-state index contributed by atoms with van der Waals surface area (Å²) >= 11 is 4.97. The van der Waals surface area contributed by atoms with Crippen LogP contribution in [0.15, 0.2) is 46.3 Å². The number of halogens is 1. The molecule has 0 saturated carbocycles. The maximum atomic E-state index is 11.9. The molecule has 0 spiro atoms. The molecule has 0 fully saturated rings. The lowest BCUT2D eigenvalue weighted by atomic mass is 10.1. The molecule has 92 valence electrons. The van der Waals surface area contributed by atoms with Crippen molar-refractivity contribution in [2.45, 2.75) is 0 Å². The Morgan fingerprint density at radius 2 is 1.94 bits per heavy atom. The summed E-state index contributed by atoms with van der Waals surface area (Å²) in [4.78, 5) is 12.9. The molecular weight excluding hydrogens is 312 g/mol. The minimum absolute atomic E-state index is 0.0119. The Labute approximate surface area is 118 Å². The van der Waals surface area contributed by atoms with Crippen molar-refractivity contribution in [1.29, 1.82) is 0 Å². The zero-order chi connectivity index (χ0) is 13.0. The third-order valence-corrected chi connectivity index (χ3v) is 3.96. The molecule has 0 aliphatic carbocycles. The molecule has 0 aliphatic rings. The molecule has 0 bridgehead atoms. The van der Waals surface area contributed by atoms with Crippen LogP contribution in [0.2, 0.25) is 0 Å². The van der Waals surface area contributed by atoms with Gasteiger partial charge in [-0.2, -0.15) is 0 Å². The molecule has 0 radical (unpaired) electrons. The summed E-state index contributed by atoms with van der Waals surface area (Å²) in [5.74, 6) is 0.736. The number of hydrogen-bond acceptors (Lipinski definition) is 3. The number of ketones is 1. The van der Waals surface area contributed by atoms with E-state index in [1.165, 1.54) is 0 Å². The molecule has 0 saturated heterocycles. The van der Waals surface area contributed by atoms with Crippen LogP contribution in [0.25, 0.3) is 6.08 Å². The Hall–Kier alpha value is -1.39. The second kappa shape index (κ2) is 5.98. The zero-order valence-corrected chi connectivity index (χ0v) is 12.1. The van der Waals surface area contributed by atoms with Gasteiger partial charge in [-0.15, -0.1) is 11.3 Å².